The number of para-hydroxylation sites is 1. The molecule has 0 spiro atoms. The molecule has 1 atom stereocenters. The standard InChI is InChI=1S/C21H21N3O2S/c1-24-20(26)16-10-4-5-11-18(16)23-21(24)27-13-19(25)22-17-12-6-8-14-7-2-3-9-15(14)17/h2-5,7,9-11,17H,6,8,12-13H2,1H3,(H,22,25)/t17-/m1/s1. The number of carbonyl (C=O) groups excluding carboxylic acids is 1. The van der Waals surface area contributed by atoms with E-state index in [0.29, 0.717) is 16.1 Å². The van der Waals surface area contributed by atoms with E-state index < -0.39 is 0 Å². The molecule has 0 saturated carbocycles. The van der Waals surface area contributed by atoms with Crippen molar-refractivity contribution in [1.29, 1.82) is 0 Å². The lowest BCUT2D eigenvalue weighted by Gasteiger charge is -2.26. The molecule has 2 aromatic carbocycles. The maximum Gasteiger partial charge on any atom is 0.261 e. The van der Waals surface area contributed by atoms with Crippen molar-refractivity contribution in [2.45, 2.75) is 30.5 Å². The van der Waals surface area contributed by atoms with Crippen LogP contribution < -0.4 is 10.9 Å². The van der Waals surface area contributed by atoms with E-state index in [1.54, 1.807) is 13.1 Å². The largest absolute Gasteiger partial charge is 0.349 e. The summed E-state index contributed by atoms with van der Waals surface area (Å²) in [4.78, 5) is 29.5. The van der Waals surface area contributed by atoms with Crippen LogP contribution in [0.1, 0.15) is 30.0 Å². The van der Waals surface area contributed by atoms with Crippen molar-refractivity contribution in [3.63, 3.8) is 0 Å². The van der Waals surface area contributed by atoms with Crippen LogP contribution in [0.4, 0.5) is 0 Å². The summed E-state index contributed by atoms with van der Waals surface area (Å²) in [6, 6.07) is 15.6. The number of nitrogens with zero attached hydrogens (tertiary/aromatic N) is 2. The molecule has 138 valence electrons. The number of rotatable bonds is 4. The van der Waals surface area contributed by atoms with Gasteiger partial charge in [0, 0.05) is 7.05 Å². The van der Waals surface area contributed by atoms with Gasteiger partial charge in [-0.05, 0) is 42.5 Å². The van der Waals surface area contributed by atoms with Gasteiger partial charge in [0.1, 0.15) is 0 Å². The van der Waals surface area contributed by atoms with Crippen LogP contribution in [-0.4, -0.2) is 21.2 Å². The van der Waals surface area contributed by atoms with Crippen LogP contribution >= 0.6 is 11.8 Å². The van der Waals surface area contributed by atoms with Gasteiger partial charge >= 0.3 is 0 Å². The van der Waals surface area contributed by atoms with Gasteiger partial charge in [0.25, 0.3) is 5.56 Å². The molecule has 0 aliphatic heterocycles. The lowest BCUT2D eigenvalue weighted by Crippen LogP contribution is -2.32. The summed E-state index contributed by atoms with van der Waals surface area (Å²) in [7, 11) is 1.69. The highest BCUT2D eigenvalue weighted by Crippen LogP contribution is 2.29. The fraction of sp³-hybridized carbons (Fsp3) is 0.286. The Balaban J connectivity index is 1.47. The molecule has 1 heterocycles. The Labute approximate surface area is 161 Å². The summed E-state index contributed by atoms with van der Waals surface area (Å²) in [5.74, 6) is 0.196. The Hall–Kier alpha value is -2.60. The number of hydrogen-bond donors (Lipinski definition) is 1. The van der Waals surface area contributed by atoms with Crippen LogP contribution in [0.2, 0.25) is 0 Å². The molecule has 3 aromatic rings. The molecule has 4 rings (SSSR count). The molecule has 0 fully saturated rings. The second kappa shape index (κ2) is 7.56. The molecule has 1 amide bonds. The number of carbonyl (C=O) groups is 1. The van der Waals surface area contributed by atoms with Crippen molar-refractivity contribution in [3.8, 4) is 0 Å². The number of benzene rings is 2. The fourth-order valence-electron chi connectivity index (χ4n) is 3.60. The van der Waals surface area contributed by atoms with Gasteiger partial charge in [0.2, 0.25) is 5.91 Å². The average molecular weight is 379 g/mol. The molecule has 0 radical (unpaired) electrons. The van der Waals surface area contributed by atoms with Crippen molar-refractivity contribution in [2.75, 3.05) is 5.75 Å². The number of aromatic nitrogens is 2. The van der Waals surface area contributed by atoms with E-state index >= 15 is 0 Å². The van der Waals surface area contributed by atoms with Gasteiger partial charge in [-0.15, -0.1) is 0 Å². The molecule has 1 N–H and O–H groups in total. The van der Waals surface area contributed by atoms with Crippen LogP contribution in [0, 0.1) is 0 Å². The van der Waals surface area contributed by atoms with Gasteiger partial charge < -0.3 is 5.32 Å². The molecule has 0 bridgehead atoms. The van der Waals surface area contributed by atoms with Crippen LogP contribution in [-0.2, 0) is 18.3 Å². The summed E-state index contributed by atoms with van der Waals surface area (Å²) < 4.78 is 1.51. The van der Waals surface area contributed by atoms with E-state index in [4.69, 9.17) is 0 Å². The number of hydrogen-bond acceptors (Lipinski definition) is 4. The predicted octanol–water partition coefficient (Wildman–Crippen LogP) is 3.22. The van der Waals surface area contributed by atoms with E-state index in [0.717, 1.165) is 19.3 Å². The van der Waals surface area contributed by atoms with Gasteiger partial charge in [0.15, 0.2) is 5.16 Å². The first-order chi connectivity index (χ1) is 13.1. The Morgan fingerprint density at radius 1 is 1.22 bits per heavy atom. The molecular weight excluding hydrogens is 358 g/mol. The van der Waals surface area contributed by atoms with Crippen LogP contribution in [0.15, 0.2) is 58.5 Å². The Bertz CT molecular complexity index is 1060. The molecular formula is C21H21N3O2S. The molecule has 1 aliphatic carbocycles. The Morgan fingerprint density at radius 2 is 2.00 bits per heavy atom. The minimum Gasteiger partial charge on any atom is -0.349 e. The lowest BCUT2D eigenvalue weighted by molar-refractivity contribution is -0.119. The van der Waals surface area contributed by atoms with E-state index in [1.807, 2.05) is 30.3 Å². The molecule has 1 aliphatic rings. The summed E-state index contributed by atoms with van der Waals surface area (Å²) in [5, 5.41) is 4.29. The zero-order valence-electron chi connectivity index (χ0n) is 15.1. The van der Waals surface area contributed by atoms with Crippen LogP contribution in [0.3, 0.4) is 0 Å². The third-order valence-corrected chi connectivity index (χ3v) is 6.01. The zero-order chi connectivity index (χ0) is 18.8. The monoisotopic (exact) mass is 379 g/mol. The second-order valence-electron chi connectivity index (χ2n) is 6.78. The van der Waals surface area contributed by atoms with Crippen LogP contribution in [0.5, 0.6) is 0 Å². The lowest BCUT2D eigenvalue weighted by atomic mass is 9.88. The molecule has 1 aromatic heterocycles. The smallest absolute Gasteiger partial charge is 0.261 e. The van der Waals surface area contributed by atoms with E-state index in [2.05, 4.69) is 22.4 Å². The van der Waals surface area contributed by atoms with Crippen molar-refractivity contribution in [1.82, 2.24) is 14.9 Å². The quantitative estimate of drug-likeness (QED) is 0.558. The van der Waals surface area contributed by atoms with E-state index in [-0.39, 0.29) is 23.3 Å². The molecule has 27 heavy (non-hydrogen) atoms. The normalized spacial score (nSPS) is 16.1. The molecule has 5 nitrogen and oxygen atoms in total. The maximum absolute atomic E-state index is 12.5. The third-order valence-electron chi connectivity index (χ3n) is 4.98. The van der Waals surface area contributed by atoms with Crippen LogP contribution in [0.25, 0.3) is 10.9 Å². The van der Waals surface area contributed by atoms with Gasteiger partial charge in [-0.3, -0.25) is 14.2 Å². The zero-order valence-corrected chi connectivity index (χ0v) is 16.0. The number of thioether (sulfide) groups is 1. The number of aryl methyl sites for hydroxylation is 1. The highest BCUT2D eigenvalue weighted by atomic mass is 32.2. The highest BCUT2D eigenvalue weighted by molar-refractivity contribution is 7.99. The van der Waals surface area contributed by atoms with Crippen molar-refractivity contribution in [3.05, 3.63) is 70.0 Å². The molecule has 6 heteroatoms. The highest BCUT2D eigenvalue weighted by Gasteiger charge is 2.21. The van der Waals surface area contributed by atoms with Gasteiger partial charge in [-0.1, -0.05) is 48.2 Å². The predicted molar refractivity (Wildman–Crippen MR) is 108 cm³/mol. The maximum atomic E-state index is 12.5. The Kier molecular flexibility index (Phi) is 4.99. The first-order valence-electron chi connectivity index (χ1n) is 9.09. The van der Waals surface area contributed by atoms with Crippen molar-refractivity contribution in [2.24, 2.45) is 7.05 Å². The first kappa shape index (κ1) is 17.8. The molecule has 0 saturated heterocycles. The number of fused-ring (bicyclic) bond motifs is 2. The minimum absolute atomic E-state index is 0.0379. The Morgan fingerprint density at radius 3 is 2.89 bits per heavy atom. The molecule has 0 unspecified atom stereocenters. The summed E-state index contributed by atoms with van der Waals surface area (Å²) in [5.41, 5.74) is 3.10. The van der Waals surface area contributed by atoms with E-state index in [9.17, 15) is 9.59 Å². The third kappa shape index (κ3) is 3.62. The summed E-state index contributed by atoms with van der Waals surface area (Å²) in [6.45, 7) is 0. The fourth-order valence-corrected chi connectivity index (χ4v) is 4.38. The number of nitrogens with one attached hydrogen (secondary N) is 1. The minimum atomic E-state index is -0.0929. The van der Waals surface area contributed by atoms with Gasteiger partial charge in [-0.2, -0.15) is 0 Å². The van der Waals surface area contributed by atoms with E-state index in [1.165, 1.54) is 27.5 Å². The topological polar surface area (TPSA) is 64.0 Å². The van der Waals surface area contributed by atoms with Crippen molar-refractivity contribution < 1.29 is 4.79 Å². The van der Waals surface area contributed by atoms with Gasteiger partial charge in [-0.25, -0.2) is 4.98 Å². The second-order valence-corrected chi connectivity index (χ2v) is 7.72. The first-order valence-corrected chi connectivity index (χ1v) is 10.1. The van der Waals surface area contributed by atoms with Gasteiger partial charge in [0.05, 0.1) is 22.7 Å². The summed E-state index contributed by atoms with van der Waals surface area (Å²) in [6.07, 6.45) is 3.11. The average Bonchev–Trinajstić information content (AvgIpc) is 2.70. The SMILES string of the molecule is Cn1c(SCC(=O)N[C@@H]2CCCc3ccccc32)nc2ccccc2c1=O. The van der Waals surface area contributed by atoms with Crippen molar-refractivity contribution >= 4 is 28.6 Å². The number of amides is 1. The summed E-state index contributed by atoms with van der Waals surface area (Å²) >= 11 is 1.29.